The van der Waals surface area contributed by atoms with Crippen LogP contribution in [0.3, 0.4) is 0 Å². The first kappa shape index (κ1) is 16.9. The highest BCUT2D eigenvalue weighted by Crippen LogP contribution is 2.26. The highest BCUT2D eigenvalue weighted by molar-refractivity contribution is 5.91. The molecule has 23 heavy (non-hydrogen) atoms. The molecule has 0 saturated carbocycles. The number of amides is 1. The summed E-state index contributed by atoms with van der Waals surface area (Å²) in [5, 5.41) is 2.75. The Morgan fingerprint density at radius 2 is 1.83 bits per heavy atom. The minimum Gasteiger partial charge on any atom is -0.372 e. The maximum Gasteiger partial charge on any atom is 0.244 e. The first-order valence-electron chi connectivity index (χ1n) is 7.36. The summed E-state index contributed by atoms with van der Waals surface area (Å²) in [6.07, 6.45) is 3.18. The van der Waals surface area contributed by atoms with Crippen LogP contribution in [0.5, 0.6) is 0 Å². The number of halogens is 1. The molecule has 1 N–H and O–H groups in total. The number of carbonyl (C=O) groups is 1. The van der Waals surface area contributed by atoms with Crippen molar-refractivity contribution >= 4 is 12.0 Å². The SMILES string of the molecule is CO[C@](C)(CNC(=O)/C=C/c1ccccc1)c1ccccc1F. The average Bonchev–Trinajstić information content (AvgIpc) is 2.59. The molecule has 4 heteroatoms. The van der Waals surface area contributed by atoms with E-state index >= 15 is 0 Å². The van der Waals surface area contributed by atoms with Gasteiger partial charge in [0.1, 0.15) is 11.4 Å². The van der Waals surface area contributed by atoms with Gasteiger partial charge in [-0.05, 0) is 24.6 Å². The van der Waals surface area contributed by atoms with Gasteiger partial charge < -0.3 is 10.1 Å². The number of rotatable bonds is 6. The molecule has 0 spiro atoms. The minimum atomic E-state index is -0.929. The van der Waals surface area contributed by atoms with Crippen LogP contribution in [0.1, 0.15) is 18.1 Å². The van der Waals surface area contributed by atoms with E-state index in [0.29, 0.717) is 5.56 Å². The van der Waals surface area contributed by atoms with Crippen molar-refractivity contribution in [1.29, 1.82) is 0 Å². The Morgan fingerprint density at radius 3 is 2.48 bits per heavy atom. The molecular weight excluding hydrogens is 293 g/mol. The number of nitrogens with one attached hydrogen (secondary N) is 1. The Kier molecular flexibility index (Phi) is 5.66. The molecule has 0 radical (unpaired) electrons. The normalized spacial score (nSPS) is 13.7. The van der Waals surface area contributed by atoms with Gasteiger partial charge in [-0.3, -0.25) is 4.79 Å². The summed E-state index contributed by atoms with van der Waals surface area (Å²) in [6, 6.07) is 15.9. The molecule has 0 aliphatic rings. The topological polar surface area (TPSA) is 38.3 Å². The van der Waals surface area contributed by atoms with Gasteiger partial charge in [-0.15, -0.1) is 0 Å². The molecule has 0 unspecified atom stereocenters. The Labute approximate surface area is 135 Å². The van der Waals surface area contributed by atoms with Gasteiger partial charge >= 0.3 is 0 Å². The van der Waals surface area contributed by atoms with Crippen molar-refractivity contribution < 1.29 is 13.9 Å². The van der Waals surface area contributed by atoms with Crippen LogP contribution in [-0.4, -0.2) is 19.6 Å². The summed E-state index contributed by atoms with van der Waals surface area (Å²) in [7, 11) is 1.50. The predicted molar refractivity (Wildman–Crippen MR) is 89.2 cm³/mol. The molecule has 0 bridgehead atoms. The van der Waals surface area contributed by atoms with Crippen LogP contribution < -0.4 is 5.32 Å². The number of methoxy groups -OCH3 is 1. The Bertz CT molecular complexity index is 685. The maximum absolute atomic E-state index is 14.0. The van der Waals surface area contributed by atoms with Crippen LogP contribution in [0.15, 0.2) is 60.7 Å². The third-order valence-corrected chi connectivity index (χ3v) is 3.72. The zero-order chi connectivity index (χ0) is 16.7. The fourth-order valence-corrected chi connectivity index (χ4v) is 2.22. The van der Waals surface area contributed by atoms with Crippen molar-refractivity contribution in [2.45, 2.75) is 12.5 Å². The lowest BCUT2D eigenvalue weighted by Gasteiger charge is -2.29. The first-order chi connectivity index (χ1) is 11.0. The lowest BCUT2D eigenvalue weighted by molar-refractivity contribution is -0.118. The molecule has 0 saturated heterocycles. The molecule has 120 valence electrons. The monoisotopic (exact) mass is 313 g/mol. The van der Waals surface area contributed by atoms with E-state index in [1.165, 1.54) is 19.3 Å². The smallest absolute Gasteiger partial charge is 0.244 e. The van der Waals surface area contributed by atoms with Crippen molar-refractivity contribution in [3.05, 3.63) is 77.6 Å². The van der Waals surface area contributed by atoms with Gasteiger partial charge in [0.25, 0.3) is 0 Å². The second-order valence-electron chi connectivity index (χ2n) is 5.38. The highest BCUT2D eigenvalue weighted by Gasteiger charge is 2.29. The van der Waals surface area contributed by atoms with Gasteiger partial charge in [0.05, 0.1) is 6.54 Å². The Balaban J connectivity index is 2.01. The molecule has 0 aromatic heterocycles. The predicted octanol–water partition coefficient (Wildman–Crippen LogP) is 3.52. The molecule has 2 aromatic rings. The number of carbonyl (C=O) groups excluding carboxylic acids is 1. The van der Waals surface area contributed by atoms with Crippen LogP contribution in [0.2, 0.25) is 0 Å². The second-order valence-corrected chi connectivity index (χ2v) is 5.38. The summed E-state index contributed by atoms with van der Waals surface area (Å²) < 4.78 is 19.4. The van der Waals surface area contributed by atoms with E-state index in [0.717, 1.165) is 5.56 Å². The molecular formula is C19H20FNO2. The lowest BCUT2D eigenvalue weighted by atomic mass is 9.95. The van der Waals surface area contributed by atoms with Crippen LogP contribution in [0, 0.1) is 5.82 Å². The average molecular weight is 313 g/mol. The van der Waals surface area contributed by atoms with E-state index < -0.39 is 5.60 Å². The standard InChI is InChI=1S/C19H20FNO2/c1-19(23-2,16-10-6-7-11-17(16)20)14-21-18(22)13-12-15-8-4-3-5-9-15/h3-13H,14H2,1-2H3,(H,21,22)/b13-12+/t19-/m1/s1. The van der Waals surface area contributed by atoms with Crippen molar-refractivity contribution in [3.63, 3.8) is 0 Å². The van der Waals surface area contributed by atoms with Gasteiger partial charge in [-0.25, -0.2) is 4.39 Å². The molecule has 0 aliphatic heterocycles. The first-order valence-corrected chi connectivity index (χ1v) is 7.36. The van der Waals surface area contributed by atoms with Crippen molar-refractivity contribution in [1.82, 2.24) is 5.32 Å². The van der Waals surface area contributed by atoms with Gasteiger partial charge in [-0.1, -0.05) is 48.5 Å². The summed E-state index contributed by atoms with van der Waals surface area (Å²) in [6.45, 7) is 1.91. The summed E-state index contributed by atoms with van der Waals surface area (Å²) in [5.41, 5.74) is 0.419. The van der Waals surface area contributed by atoms with Gasteiger partial charge in [-0.2, -0.15) is 0 Å². The fourth-order valence-electron chi connectivity index (χ4n) is 2.22. The van der Waals surface area contributed by atoms with Crippen LogP contribution in [0.25, 0.3) is 6.08 Å². The number of ether oxygens (including phenoxy) is 1. The second kappa shape index (κ2) is 7.70. The number of hydrogen-bond donors (Lipinski definition) is 1. The molecule has 1 amide bonds. The van der Waals surface area contributed by atoms with E-state index in [1.54, 1.807) is 31.2 Å². The number of hydrogen-bond acceptors (Lipinski definition) is 2. The molecule has 0 fully saturated rings. The van der Waals surface area contributed by atoms with Crippen molar-refractivity contribution in [2.24, 2.45) is 0 Å². The molecule has 0 heterocycles. The van der Waals surface area contributed by atoms with E-state index in [1.807, 2.05) is 30.3 Å². The van der Waals surface area contributed by atoms with E-state index in [-0.39, 0.29) is 18.3 Å². The molecule has 1 atom stereocenters. The van der Waals surface area contributed by atoms with E-state index in [2.05, 4.69) is 5.32 Å². The van der Waals surface area contributed by atoms with Crippen molar-refractivity contribution in [2.75, 3.05) is 13.7 Å². The number of benzene rings is 2. The molecule has 0 aliphatic carbocycles. The summed E-state index contributed by atoms with van der Waals surface area (Å²) in [5.74, 6) is -0.612. The zero-order valence-corrected chi connectivity index (χ0v) is 13.3. The largest absolute Gasteiger partial charge is 0.372 e. The van der Waals surface area contributed by atoms with Gasteiger partial charge in [0.2, 0.25) is 5.91 Å². The summed E-state index contributed by atoms with van der Waals surface area (Å²) >= 11 is 0. The van der Waals surface area contributed by atoms with E-state index in [9.17, 15) is 9.18 Å². The third-order valence-electron chi connectivity index (χ3n) is 3.72. The van der Waals surface area contributed by atoms with Crippen LogP contribution in [0.4, 0.5) is 4.39 Å². The summed E-state index contributed by atoms with van der Waals surface area (Å²) in [4.78, 5) is 11.9. The zero-order valence-electron chi connectivity index (χ0n) is 13.3. The molecule has 2 rings (SSSR count). The van der Waals surface area contributed by atoms with Crippen LogP contribution in [-0.2, 0) is 15.1 Å². The Hall–Kier alpha value is -2.46. The molecule has 3 nitrogen and oxygen atoms in total. The minimum absolute atomic E-state index is 0.169. The van der Waals surface area contributed by atoms with Gasteiger partial charge in [0.15, 0.2) is 0 Å². The maximum atomic E-state index is 14.0. The fraction of sp³-hybridized carbons (Fsp3) is 0.211. The third kappa shape index (κ3) is 4.50. The highest BCUT2D eigenvalue weighted by atomic mass is 19.1. The van der Waals surface area contributed by atoms with Crippen LogP contribution >= 0.6 is 0 Å². The quantitative estimate of drug-likeness (QED) is 0.829. The van der Waals surface area contributed by atoms with Gasteiger partial charge in [0, 0.05) is 18.7 Å². The Morgan fingerprint density at radius 1 is 1.17 bits per heavy atom. The lowest BCUT2D eigenvalue weighted by Crippen LogP contribution is -2.40. The van der Waals surface area contributed by atoms with E-state index in [4.69, 9.17) is 4.74 Å². The van der Waals surface area contributed by atoms with Crippen molar-refractivity contribution in [3.8, 4) is 0 Å². The molecule has 2 aromatic carbocycles.